The van der Waals surface area contributed by atoms with Gasteiger partial charge in [-0.15, -0.1) is 0 Å². The molecule has 7 aliphatic rings. The molecule has 4 aliphatic carbocycles. The zero-order valence-electron chi connectivity index (χ0n) is 22.9. The van der Waals surface area contributed by atoms with Gasteiger partial charge < -0.3 is 25.2 Å². The predicted octanol–water partition coefficient (Wildman–Crippen LogP) is 2.61. The minimum Gasteiger partial charge on any atom is -0.389 e. The number of aliphatic hydroxyl groups is 4. The number of likely N-dealkylation sites (tertiary alicyclic amines) is 1. The molecule has 9 rings (SSSR count). The van der Waals surface area contributed by atoms with Crippen LogP contribution in [-0.2, 0) is 10.2 Å². The highest BCUT2D eigenvalue weighted by atomic mass is 16.5. The molecular formula is C33H38N2O5. The molecule has 1 aromatic carbocycles. The molecular weight excluding hydrogens is 504 g/mol. The van der Waals surface area contributed by atoms with Crippen molar-refractivity contribution in [2.45, 2.75) is 92.5 Å². The Labute approximate surface area is 234 Å². The molecule has 2 saturated heterocycles. The Kier molecular flexibility index (Phi) is 4.66. The van der Waals surface area contributed by atoms with Crippen molar-refractivity contribution in [3.05, 3.63) is 65.5 Å². The number of fused-ring (bicyclic) bond motifs is 4. The van der Waals surface area contributed by atoms with E-state index in [9.17, 15) is 20.4 Å². The SMILES string of the molecule is C[C@]12CC=C3C=C4[C@@H](O)[C@H](O)[C@@H](N5C[C@H](O)[C@@H](O)C5)C[C@]45CCC3(O5)[C@@H]1C[C@H]1C[C@]12c1ccc2ccncc2c1. The van der Waals surface area contributed by atoms with Gasteiger partial charge in [0.15, 0.2) is 0 Å². The number of allylic oxidation sites excluding steroid dienone is 1. The van der Waals surface area contributed by atoms with E-state index in [1.807, 2.05) is 17.3 Å². The van der Waals surface area contributed by atoms with Crippen molar-refractivity contribution < 1.29 is 25.2 Å². The van der Waals surface area contributed by atoms with E-state index >= 15 is 0 Å². The van der Waals surface area contributed by atoms with Crippen molar-refractivity contribution in [2.75, 3.05) is 13.1 Å². The highest BCUT2D eigenvalue weighted by molar-refractivity contribution is 5.82. The number of pyridine rings is 1. The number of hydrogen-bond acceptors (Lipinski definition) is 7. The van der Waals surface area contributed by atoms with Gasteiger partial charge in [-0.1, -0.05) is 31.2 Å². The lowest BCUT2D eigenvalue weighted by Gasteiger charge is -2.57. The largest absolute Gasteiger partial charge is 0.389 e. The normalized spacial score (nSPS) is 50.6. The summed E-state index contributed by atoms with van der Waals surface area (Å²) in [5, 5.41) is 45.5. The molecule has 40 heavy (non-hydrogen) atoms. The van der Waals surface area contributed by atoms with Gasteiger partial charge in [0.25, 0.3) is 0 Å². The minimum atomic E-state index is -1.02. The van der Waals surface area contributed by atoms with E-state index < -0.39 is 30.0 Å². The number of ether oxygens (including phenoxy) is 1. The Bertz CT molecular complexity index is 1500. The molecule has 0 amide bonds. The average Bonchev–Trinajstić information content (AvgIpc) is 3.37. The zero-order valence-corrected chi connectivity index (χ0v) is 22.9. The topological polar surface area (TPSA) is 106 Å². The molecule has 2 bridgehead atoms. The molecule has 4 heterocycles. The fourth-order valence-electron chi connectivity index (χ4n) is 10.8. The third-order valence-electron chi connectivity index (χ3n) is 12.8. The summed E-state index contributed by atoms with van der Waals surface area (Å²) in [5.41, 5.74) is 2.70. The second kappa shape index (κ2) is 7.63. The van der Waals surface area contributed by atoms with Gasteiger partial charge in [-0.05, 0) is 90.0 Å². The standard InChI is InChI=1S/C33H38N2O5/c1-30-6-4-21-11-23-28(38)29(39)24(35-16-25(36)26(37)17-35)14-31(23)7-8-33(21,40-31)27(30)12-22-13-32(22,30)20-3-2-18-5-9-34-15-19(18)10-20/h2-5,9-11,15,22,24-29,36-39H,6-8,12-14,16-17H2,1H3/t22-,24-,25-,26-,27+,28+,29+,30-,31+,32-,33?/m0/s1. The lowest BCUT2D eigenvalue weighted by atomic mass is 9.55. The third kappa shape index (κ3) is 2.75. The van der Waals surface area contributed by atoms with Gasteiger partial charge in [0.1, 0.15) is 6.10 Å². The first-order valence-electron chi connectivity index (χ1n) is 15.1. The summed E-state index contributed by atoms with van der Waals surface area (Å²) in [6, 6.07) is 8.70. The van der Waals surface area contributed by atoms with Crippen LogP contribution in [0.1, 0.15) is 51.0 Å². The molecule has 11 atom stereocenters. The van der Waals surface area contributed by atoms with E-state index in [1.165, 1.54) is 28.3 Å². The van der Waals surface area contributed by atoms with Gasteiger partial charge in [0, 0.05) is 42.3 Å². The number of benzene rings is 1. The fraction of sp³-hybridized carbons (Fsp3) is 0.606. The van der Waals surface area contributed by atoms with Crippen molar-refractivity contribution in [3.63, 3.8) is 0 Å². The highest BCUT2D eigenvalue weighted by Crippen LogP contribution is 2.80. The van der Waals surface area contributed by atoms with Crippen molar-refractivity contribution in [3.8, 4) is 0 Å². The number of nitrogens with zero attached hydrogens (tertiary/aromatic N) is 2. The molecule has 5 fully saturated rings. The maximum absolute atomic E-state index is 11.4. The highest BCUT2D eigenvalue weighted by Gasteiger charge is 2.78. The molecule has 0 radical (unpaired) electrons. The van der Waals surface area contributed by atoms with Crippen molar-refractivity contribution in [1.29, 1.82) is 0 Å². The van der Waals surface area contributed by atoms with Crippen LogP contribution in [0, 0.1) is 17.3 Å². The molecule has 1 aromatic heterocycles. The lowest BCUT2D eigenvalue weighted by Crippen LogP contribution is -2.63. The minimum absolute atomic E-state index is 0.0727. The Morgan fingerprint density at radius 3 is 2.65 bits per heavy atom. The third-order valence-corrected chi connectivity index (χ3v) is 12.8. The first-order valence-corrected chi connectivity index (χ1v) is 15.1. The van der Waals surface area contributed by atoms with Crippen LogP contribution in [-0.4, -0.2) is 85.1 Å². The summed E-state index contributed by atoms with van der Waals surface area (Å²) in [5.74, 6) is 1.03. The van der Waals surface area contributed by atoms with Gasteiger partial charge in [-0.25, -0.2) is 0 Å². The van der Waals surface area contributed by atoms with E-state index in [1.54, 1.807) is 0 Å². The van der Waals surface area contributed by atoms with Crippen LogP contribution >= 0.6 is 0 Å². The van der Waals surface area contributed by atoms with Gasteiger partial charge in [-0.3, -0.25) is 9.88 Å². The molecule has 2 aromatic rings. The Morgan fingerprint density at radius 2 is 1.82 bits per heavy atom. The van der Waals surface area contributed by atoms with E-state index in [2.05, 4.69) is 48.3 Å². The van der Waals surface area contributed by atoms with E-state index in [0.717, 1.165) is 31.3 Å². The molecule has 2 spiro atoms. The van der Waals surface area contributed by atoms with Crippen LogP contribution in [0.5, 0.6) is 0 Å². The van der Waals surface area contributed by atoms with Crippen LogP contribution < -0.4 is 0 Å². The van der Waals surface area contributed by atoms with Crippen molar-refractivity contribution >= 4 is 10.8 Å². The van der Waals surface area contributed by atoms with Gasteiger partial charge in [-0.2, -0.15) is 0 Å². The quantitative estimate of drug-likeness (QED) is 0.462. The Balaban J connectivity index is 1.10. The summed E-state index contributed by atoms with van der Waals surface area (Å²) in [6.07, 6.45) is 10.4. The first-order chi connectivity index (χ1) is 19.2. The van der Waals surface area contributed by atoms with E-state index in [4.69, 9.17) is 4.74 Å². The second-order valence-corrected chi connectivity index (χ2v) is 14.3. The zero-order chi connectivity index (χ0) is 27.2. The molecule has 1 unspecified atom stereocenters. The number of aliphatic hydroxyl groups excluding tert-OH is 4. The molecule has 210 valence electrons. The van der Waals surface area contributed by atoms with Gasteiger partial charge >= 0.3 is 0 Å². The van der Waals surface area contributed by atoms with Crippen molar-refractivity contribution in [2.24, 2.45) is 17.3 Å². The van der Waals surface area contributed by atoms with Crippen molar-refractivity contribution in [1.82, 2.24) is 9.88 Å². The summed E-state index contributed by atoms with van der Waals surface area (Å²) in [7, 11) is 0. The second-order valence-electron chi connectivity index (χ2n) is 14.3. The average molecular weight is 543 g/mol. The molecule has 4 N–H and O–H groups in total. The lowest BCUT2D eigenvalue weighted by molar-refractivity contribution is -0.170. The predicted molar refractivity (Wildman–Crippen MR) is 148 cm³/mol. The maximum atomic E-state index is 11.4. The smallest absolute Gasteiger partial charge is 0.105 e. The number of rotatable bonds is 2. The first kappa shape index (κ1) is 24.5. The van der Waals surface area contributed by atoms with Crippen LogP contribution in [0.2, 0.25) is 0 Å². The van der Waals surface area contributed by atoms with Crippen LogP contribution in [0.15, 0.2) is 60.0 Å². The maximum Gasteiger partial charge on any atom is 0.105 e. The molecule has 3 saturated carbocycles. The number of aromatic nitrogens is 1. The van der Waals surface area contributed by atoms with E-state index in [0.29, 0.717) is 31.3 Å². The fourth-order valence-corrected chi connectivity index (χ4v) is 10.8. The van der Waals surface area contributed by atoms with Gasteiger partial charge in [0.2, 0.25) is 0 Å². The summed E-state index contributed by atoms with van der Waals surface area (Å²) in [6.45, 7) is 3.10. The van der Waals surface area contributed by atoms with Crippen LogP contribution in [0.25, 0.3) is 10.8 Å². The Morgan fingerprint density at radius 1 is 1.00 bits per heavy atom. The summed E-state index contributed by atoms with van der Waals surface area (Å²) < 4.78 is 7.37. The summed E-state index contributed by atoms with van der Waals surface area (Å²) in [4.78, 5) is 6.34. The summed E-state index contributed by atoms with van der Waals surface area (Å²) >= 11 is 0. The number of β-amino-alcohol motifs (C(OH)–C–C–N with tert-alkyl or cyclic N) is 2. The van der Waals surface area contributed by atoms with E-state index in [-0.39, 0.29) is 22.5 Å². The number of hydrogen-bond donors (Lipinski definition) is 4. The van der Waals surface area contributed by atoms with Crippen LogP contribution in [0.3, 0.4) is 0 Å². The Hall–Kier alpha value is -2.13. The molecule has 7 heteroatoms. The monoisotopic (exact) mass is 542 g/mol. The molecule has 3 aliphatic heterocycles. The molecule has 7 nitrogen and oxygen atoms in total. The van der Waals surface area contributed by atoms with Crippen LogP contribution in [0.4, 0.5) is 0 Å². The van der Waals surface area contributed by atoms with Gasteiger partial charge in [0.05, 0.1) is 29.5 Å².